The number of aliphatic hydroxyl groups excluding tert-OH is 1. The Morgan fingerprint density at radius 1 is 1.64 bits per heavy atom. The second-order valence-corrected chi connectivity index (χ2v) is 2.77. The summed E-state index contributed by atoms with van der Waals surface area (Å²) in [5, 5.41) is 14.0. The summed E-state index contributed by atoms with van der Waals surface area (Å²) >= 11 is 0. The number of H-pyrrole nitrogens is 1. The Bertz CT molecular complexity index is 367. The third kappa shape index (κ3) is 2.13. The highest BCUT2D eigenvalue weighted by Gasteiger charge is 2.38. The van der Waals surface area contributed by atoms with Gasteiger partial charge < -0.3 is 5.11 Å². The van der Waals surface area contributed by atoms with Crippen LogP contribution in [0.15, 0.2) is 4.79 Å². The largest absolute Gasteiger partial charge is 0.414 e. The van der Waals surface area contributed by atoms with Crippen molar-refractivity contribution in [3.8, 4) is 0 Å². The van der Waals surface area contributed by atoms with Crippen LogP contribution in [0.25, 0.3) is 0 Å². The fraction of sp³-hybridized carbons (Fsp3) is 0.667. The molecule has 1 rings (SSSR count). The number of hydrogen-bond acceptors (Lipinski definition) is 3. The van der Waals surface area contributed by atoms with Crippen LogP contribution in [0.5, 0.6) is 0 Å². The van der Waals surface area contributed by atoms with Gasteiger partial charge in [-0.15, -0.1) is 0 Å². The topological polar surface area (TPSA) is 70.9 Å². The number of alkyl halides is 3. The molecule has 0 aliphatic heterocycles. The number of aromatic nitrogens is 3. The van der Waals surface area contributed by atoms with E-state index in [1.807, 2.05) is 5.10 Å². The lowest BCUT2D eigenvalue weighted by atomic mass is 10.2. The summed E-state index contributed by atoms with van der Waals surface area (Å²) in [5.41, 5.74) is -0.616. The summed E-state index contributed by atoms with van der Waals surface area (Å²) in [5.74, 6) is -0.139. The van der Waals surface area contributed by atoms with Gasteiger partial charge in [0.05, 0.1) is 0 Å². The number of rotatable bonds is 2. The molecule has 0 radical (unpaired) electrons. The van der Waals surface area contributed by atoms with Crippen molar-refractivity contribution < 1.29 is 18.3 Å². The molecule has 0 fully saturated rings. The van der Waals surface area contributed by atoms with E-state index in [4.69, 9.17) is 5.11 Å². The molecule has 14 heavy (non-hydrogen) atoms. The lowest BCUT2D eigenvalue weighted by molar-refractivity contribution is -0.203. The first-order valence-corrected chi connectivity index (χ1v) is 3.67. The van der Waals surface area contributed by atoms with Gasteiger partial charge >= 0.3 is 11.9 Å². The molecule has 0 saturated carbocycles. The summed E-state index contributed by atoms with van der Waals surface area (Å²) < 4.78 is 36.6. The van der Waals surface area contributed by atoms with E-state index in [1.165, 1.54) is 7.05 Å². The van der Waals surface area contributed by atoms with E-state index in [0.717, 1.165) is 4.57 Å². The van der Waals surface area contributed by atoms with Crippen LogP contribution in [-0.4, -0.2) is 32.2 Å². The summed E-state index contributed by atoms with van der Waals surface area (Å²) in [6.45, 7) is 0. The van der Waals surface area contributed by atoms with E-state index in [9.17, 15) is 18.0 Å². The first-order chi connectivity index (χ1) is 6.32. The van der Waals surface area contributed by atoms with Crippen LogP contribution >= 0.6 is 0 Å². The smallest absolute Gasteiger partial charge is 0.383 e. The van der Waals surface area contributed by atoms with Gasteiger partial charge in [-0.3, -0.25) is 4.57 Å². The van der Waals surface area contributed by atoms with Crippen LogP contribution in [0.4, 0.5) is 13.2 Å². The van der Waals surface area contributed by atoms with Crippen LogP contribution in [0.1, 0.15) is 5.82 Å². The third-order valence-electron chi connectivity index (χ3n) is 1.73. The van der Waals surface area contributed by atoms with Crippen molar-refractivity contribution in [1.29, 1.82) is 0 Å². The molecule has 0 bridgehead atoms. The molecule has 1 heterocycles. The highest BCUT2D eigenvalue weighted by Crippen LogP contribution is 2.21. The molecule has 1 aromatic heterocycles. The maximum atomic E-state index is 11.9. The Hall–Kier alpha value is -1.31. The molecule has 8 heteroatoms. The van der Waals surface area contributed by atoms with Gasteiger partial charge in [0.25, 0.3) is 0 Å². The van der Waals surface area contributed by atoms with Crippen LogP contribution < -0.4 is 5.69 Å². The molecule has 1 aromatic rings. The minimum absolute atomic E-state index is 0.139. The predicted molar refractivity (Wildman–Crippen MR) is 39.6 cm³/mol. The molecule has 80 valence electrons. The number of aliphatic hydroxyl groups is 1. The zero-order valence-electron chi connectivity index (χ0n) is 7.17. The van der Waals surface area contributed by atoms with Gasteiger partial charge in [0.15, 0.2) is 6.10 Å². The van der Waals surface area contributed by atoms with Gasteiger partial charge in [-0.05, 0) is 0 Å². The Morgan fingerprint density at radius 2 is 2.21 bits per heavy atom. The average molecular weight is 211 g/mol. The van der Waals surface area contributed by atoms with Gasteiger partial charge in [-0.1, -0.05) is 0 Å². The Kier molecular flexibility index (Phi) is 2.65. The second-order valence-electron chi connectivity index (χ2n) is 2.77. The summed E-state index contributed by atoms with van der Waals surface area (Å²) in [6, 6.07) is 0. The first kappa shape index (κ1) is 10.8. The zero-order valence-corrected chi connectivity index (χ0v) is 7.17. The Morgan fingerprint density at radius 3 is 2.57 bits per heavy atom. The molecule has 0 aromatic carbocycles. The van der Waals surface area contributed by atoms with Crippen molar-refractivity contribution in [3.05, 3.63) is 16.3 Å². The number of halogens is 3. The molecule has 1 atom stereocenters. The summed E-state index contributed by atoms with van der Waals surface area (Å²) in [6.07, 6.45) is -7.94. The van der Waals surface area contributed by atoms with Crippen molar-refractivity contribution in [1.82, 2.24) is 14.8 Å². The average Bonchev–Trinajstić information content (AvgIpc) is 2.34. The molecule has 0 aliphatic carbocycles. The highest BCUT2D eigenvalue weighted by atomic mass is 19.4. The van der Waals surface area contributed by atoms with Gasteiger partial charge in [0.2, 0.25) is 0 Å². The van der Waals surface area contributed by atoms with Gasteiger partial charge in [-0.2, -0.15) is 18.3 Å². The molecule has 1 unspecified atom stereocenters. The minimum Gasteiger partial charge on any atom is -0.383 e. The Balaban J connectivity index is 2.80. The zero-order chi connectivity index (χ0) is 10.9. The lowest BCUT2D eigenvalue weighted by Crippen LogP contribution is -2.32. The molecule has 0 aliphatic rings. The van der Waals surface area contributed by atoms with Crippen molar-refractivity contribution in [2.45, 2.75) is 18.7 Å². The number of nitrogens with one attached hydrogen (secondary N) is 1. The maximum absolute atomic E-state index is 11.9. The SMILES string of the molecule is Cn1c(CC(O)C(F)(F)F)n[nH]c1=O. The summed E-state index contributed by atoms with van der Waals surface area (Å²) in [4.78, 5) is 10.8. The van der Waals surface area contributed by atoms with E-state index in [2.05, 4.69) is 5.10 Å². The molecular formula is C6H8F3N3O2. The van der Waals surface area contributed by atoms with Crippen LogP contribution in [0.2, 0.25) is 0 Å². The van der Waals surface area contributed by atoms with E-state index in [-0.39, 0.29) is 5.82 Å². The monoisotopic (exact) mass is 211 g/mol. The van der Waals surface area contributed by atoms with E-state index in [0.29, 0.717) is 0 Å². The number of nitrogens with zero attached hydrogens (tertiary/aromatic N) is 2. The molecule has 0 saturated heterocycles. The van der Waals surface area contributed by atoms with Gasteiger partial charge in [0, 0.05) is 13.5 Å². The quantitative estimate of drug-likeness (QED) is 0.697. The standard InChI is InChI=1S/C6H8F3N3O2/c1-12-4(10-11-5(12)14)2-3(13)6(7,8)9/h3,13H,2H2,1H3,(H,11,14). The molecule has 5 nitrogen and oxygen atoms in total. The van der Waals surface area contributed by atoms with E-state index >= 15 is 0 Å². The van der Waals surface area contributed by atoms with E-state index < -0.39 is 24.4 Å². The number of hydrogen-bond donors (Lipinski definition) is 2. The highest BCUT2D eigenvalue weighted by molar-refractivity contribution is 4.89. The Labute approximate surface area is 76.2 Å². The maximum Gasteiger partial charge on any atom is 0.414 e. The van der Waals surface area contributed by atoms with Gasteiger partial charge in [-0.25, -0.2) is 9.89 Å². The summed E-state index contributed by atoms with van der Waals surface area (Å²) in [7, 11) is 1.27. The minimum atomic E-state index is -4.70. The third-order valence-corrected chi connectivity index (χ3v) is 1.73. The van der Waals surface area contributed by atoms with Crippen molar-refractivity contribution >= 4 is 0 Å². The molecule has 0 spiro atoms. The van der Waals surface area contributed by atoms with Crippen LogP contribution in [-0.2, 0) is 13.5 Å². The predicted octanol–water partition coefficient (Wildman–Crippen LogP) is -0.426. The van der Waals surface area contributed by atoms with Crippen molar-refractivity contribution in [2.75, 3.05) is 0 Å². The lowest BCUT2D eigenvalue weighted by Gasteiger charge is -2.12. The van der Waals surface area contributed by atoms with Crippen molar-refractivity contribution in [3.63, 3.8) is 0 Å². The van der Waals surface area contributed by atoms with Gasteiger partial charge in [0.1, 0.15) is 5.82 Å². The second kappa shape index (κ2) is 3.45. The number of aromatic amines is 1. The fourth-order valence-corrected chi connectivity index (χ4v) is 0.851. The normalized spacial score (nSPS) is 14.4. The van der Waals surface area contributed by atoms with Crippen LogP contribution in [0.3, 0.4) is 0 Å². The van der Waals surface area contributed by atoms with Crippen molar-refractivity contribution in [2.24, 2.45) is 7.05 Å². The molecule has 0 amide bonds. The molecule has 2 N–H and O–H groups in total. The van der Waals surface area contributed by atoms with E-state index in [1.54, 1.807) is 0 Å². The first-order valence-electron chi connectivity index (χ1n) is 3.67. The fourth-order valence-electron chi connectivity index (χ4n) is 0.851. The molecular weight excluding hydrogens is 203 g/mol. The van der Waals surface area contributed by atoms with Crippen LogP contribution in [0, 0.1) is 0 Å².